The highest BCUT2D eigenvalue weighted by atomic mass is 32.1. The Kier molecular flexibility index (Phi) is 5.66. The molecule has 22 heavy (non-hydrogen) atoms. The highest BCUT2D eigenvalue weighted by molar-refractivity contribution is 7.11. The minimum atomic E-state index is -0.125. The fraction of sp³-hybridized carbons (Fsp3) is 0.312. The Balaban J connectivity index is 1.94. The number of anilines is 1. The van der Waals surface area contributed by atoms with Crippen LogP contribution in [0.25, 0.3) is 0 Å². The molecule has 0 radical (unpaired) electrons. The summed E-state index contributed by atoms with van der Waals surface area (Å²) in [6.45, 7) is 4.19. The molecule has 5 nitrogen and oxygen atoms in total. The molecule has 116 valence electrons. The van der Waals surface area contributed by atoms with Gasteiger partial charge >= 0.3 is 0 Å². The fourth-order valence-electron chi connectivity index (χ4n) is 1.99. The topological polar surface area (TPSA) is 71.1 Å². The van der Waals surface area contributed by atoms with E-state index in [4.69, 9.17) is 0 Å². The lowest BCUT2D eigenvalue weighted by atomic mass is 10.2. The molecule has 0 fully saturated rings. The Morgan fingerprint density at radius 2 is 2.14 bits per heavy atom. The minimum absolute atomic E-state index is 0.00368. The van der Waals surface area contributed by atoms with Crippen molar-refractivity contribution in [3.63, 3.8) is 0 Å². The number of amides is 2. The summed E-state index contributed by atoms with van der Waals surface area (Å²) in [6, 6.07) is 7.48. The molecule has 0 saturated heterocycles. The molecule has 1 aromatic heterocycles. The third-order valence-corrected chi connectivity index (χ3v) is 4.02. The first kappa shape index (κ1) is 16.2. The maximum atomic E-state index is 12.0. The molecule has 0 aliphatic heterocycles. The van der Waals surface area contributed by atoms with Crippen molar-refractivity contribution in [2.24, 2.45) is 0 Å². The number of nitrogens with zero attached hydrogens (tertiary/aromatic N) is 1. The van der Waals surface area contributed by atoms with Gasteiger partial charge in [0.1, 0.15) is 4.88 Å². The Morgan fingerprint density at radius 1 is 1.32 bits per heavy atom. The van der Waals surface area contributed by atoms with E-state index < -0.39 is 0 Å². The zero-order valence-corrected chi connectivity index (χ0v) is 13.5. The highest BCUT2D eigenvalue weighted by Gasteiger charge is 2.11. The number of carbonyl (C=O) groups excluding carboxylic acids is 2. The van der Waals surface area contributed by atoms with E-state index in [0.717, 1.165) is 23.4 Å². The van der Waals surface area contributed by atoms with Gasteiger partial charge in [-0.1, -0.05) is 19.1 Å². The second-order valence-corrected chi connectivity index (χ2v) is 5.80. The van der Waals surface area contributed by atoms with E-state index in [2.05, 4.69) is 15.6 Å². The molecule has 2 N–H and O–H groups in total. The molecular weight excluding hydrogens is 298 g/mol. The lowest BCUT2D eigenvalue weighted by Crippen LogP contribution is -2.22. The number of nitrogens with one attached hydrogen (secondary N) is 2. The van der Waals surface area contributed by atoms with Gasteiger partial charge in [-0.3, -0.25) is 9.59 Å². The molecule has 0 bridgehead atoms. The van der Waals surface area contributed by atoms with Gasteiger partial charge in [-0.05, 0) is 31.0 Å². The van der Waals surface area contributed by atoms with Crippen molar-refractivity contribution in [3.8, 4) is 0 Å². The van der Waals surface area contributed by atoms with Crippen LogP contribution in [0.1, 0.15) is 40.7 Å². The van der Waals surface area contributed by atoms with Crippen molar-refractivity contribution >= 4 is 28.8 Å². The SMILES string of the molecule is CCCC(=O)Nc1cccc(CNC(=O)c2scnc2C)c1. The smallest absolute Gasteiger partial charge is 0.263 e. The van der Waals surface area contributed by atoms with Crippen LogP contribution in [0.4, 0.5) is 5.69 Å². The van der Waals surface area contributed by atoms with Crippen LogP contribution in [0.2, 0.25) is 0 Å². The summed E-state index contributed by atoms with van der Waals surface area (Å²) in [5, 5.41) is 5.71. The van der Waals surface area contributed by atoms with Gasteiger partial charge in [-0.15, -0.1) is 11.3 Å². The summed E-state index contributed by atoms with van der Waals surface area (Å²) < 4.78 is 0. The molecule has 1 heterocycles. The molecule has 2 aromatic rings. The lowest BCUT2D eigenvalue weighted by Gasteiger charge is -2.08. The Hall–Kier alpha value is -2.21. The van der Waals surface area contributed by atoms with Gasteiger partial charge < -0.3 is 10.6 Å². The molecule has 0 aliphatic rings. The second kappa shape index (κ2) is 7.70. The first-order valence-electron chi connectivity index (χ1n) is 7.17. The van der Waals surface area contributed by atoms with Crippen molar-refractivity contribution in [1.82, 2.24) is 10.3 Å². The van der Waals surface area contributed by atoms with Crippen LogP contribution in [0.5, 0.6) is 0 Å². The van der Waals surface area contributed by atoms with Crippen LogP contribution in [0.3, 0.4) is 0 Å². The predicted octanol–water partition coefficient (Wildman–Crippen LogP) is 3.12. The number of hydrogen-bond acceptors (Lipinski definition) is 4. The van der Waals surface area contributed by atoms with Gasteiger partial charge in [0.05, 0.1) is 11.2 Å². The van der Waals surface area contributed by atoms with E-state index in [1.54, 1.807) is 5.51 Å². The zero-order chi connectivity index (χ0) is 15.9. The summed E-state index contributed by atoms with van der Waals surface area (Å²) in [4.78, 5) is 28.3. The van der Waals surface area contributed by atoms with Crippen molar-refractivity contribution in [1.29, 1.82) is 0 Å². The average Bonchev–Trinajstić information content (AvgIpc) is 2.91. The molecule has 0 saturated carbocycles. The molecule has 2 amide bonds. The lowest BCUT2D eigenvalue weighted by molar-refractivity contribution is -0.116. The Labute approximate surface area is 133 Å². The van der Waals surface area contributed by atoms with Gasteiger partial charge in [-0.25, -0.2) is 4.98 Å². The molecule has 2 rings (SSSR count). The first-order valence-corrected chi connectivity index (χ1v) is 8.05. The summed E-state index contributed by atoms with van der Waals surface area (Å²) in [5.74, 6) is -0.121. The third kappa shape index (κ3) is 4.39. The van der Waals surface area contributed by atoms with Crippen molar-refractivity contribution < 1.29 is 9.59 Å². The Morgan fingerprint density at radius 3 is 2.82 bits per heavy atom. The molecule has 0 aliphatic carbocycles. The number of carbonyl (C=O) groups is 2. The van der Waals surface area contributed by atoms with Crippen molar-refractivity contribution in [2.45, 2.75) is 33.2 Å². The van der Waals surface area contributed by atoms with Crippen LogP contribution >= 0.6 is 11.3 Å². The van der Waals surface area contributed by atoms with E-state index in [1.807, 2.05) is 38.1 Å². The maximum absolute atomic E-state index is 12.0. The summed E-state index contributed by atoms with van der Waals surface area (Å²) in [7, 11) is 0. The van der Waals surface area contributed by atoms with E-state index in [-0.39, 0.29) is 11.8 Å². The third-order valence-electron chi connectivity index (χ3n) is 3.09. The highest BCUT2D eigenvalue weighted by Crippen LogP contribution is 2.14. The molecule has 1 aromatic carbocycles. The standard InChI is InChI=1S/C16H19N3O2S/c1-3-5-14(20)19-13-7-4-6-12(8-13)9-17-16(21)15-11(2)18-10-22-15/h4,6-8,10H,3,5,9H2,1-2H3,(H,17,21)(H,19,20). The van der Waals surface area contributed by atoms with Gasteiger partial charge in [0.15, 0.2) is 0 Å². The number of benzene rings is 1. The van der Waals surface area contributed by atoms with E-state index >= 15 is 0 Å². The van der Waals surface area contributed by atoms with Crippen LogP contribution in [-0.4, -0.2) is 16.8 Å². The number of aromatic nitrogens is 1. The van der Waals surface area contributed by atoms with E-state index in [0.29, 0.717) is 17.8 Å². The van der Waals surface area contributed by atoms with Gasteiger partial charge in [-0.2, -0.15) is 0 Å². The van der Waals surface area contributed by atoms with Crippen LogP contribution in [0.15, 0.2) is 29.8 Å². The van der Waals surface area contributed by atoms with E-state index in [1.165, 1.54) is 11.3 Å². The van der Waals surface area contributed by atoms with Crippen LogP contribution in [0, 0.1) is 6.92 Å². The number of aryl methyl sites for hydroxylation is 1. The summed E-state index contributed by atoms with van der Waals surface area (Å²) in [5.41, 5.74) is 4.08. The van der Waals surface area contributed by atoms with Crippen LogP contribution in [-0.2, 0) is 11.3 Å². The molecule has 0 spiro atoms. The maximum Gasteiger partial charge on any atom is 0.263 e. The largest absolute Gasteiger partial charge is 0.347 e. The van der Waals surface area contributed by atoms with Crippen molar-refractivity contribution in [2.75, 3.05) is 5.32 Å². The molecule has 0 unspecified atom stereocenters. The number of hydrogen-bond donors (Lipinski definition) is 2. The van der Waals surface area contributed by atoms with E-state index in [9.17, 15) is 9.59 Å². The molecule has 0 atom stereocenters. The second-order valence-electron chi connectivity index (χ2n) is 4.95. The number of rotatable bonds is 6. The molecular formula is C16H19N3O2S. The summed E-state index contributed by atoms with van der Waals surface area (Å²) >= 11 is 1.33. The average molecular weight is 317 g/mol. The first-order chi connectivity index (χ1) is 10.6. The van der Waals surface area contributed by atoms with Gasteiger partial charge in [0.2, 0.25) is 5.91 Å². The predicted molar refractivity (Wildman–Crippen MR) is 88.0 cm³/mol. The van der Waals surface area contributed by atoms with Crippen molar-refractivity contribution in [3.05, 3.63) is 45.9 Å². The Bertz CT molecular complexity index is 667. The normalized spacial score (nSPS) is 10.3. The summed E-state index contributed by atoms with van der Waals surface area (Å²) in [6.07, 6.45) is 1.32. The fourth-order valence-corrected chi connectivity index (χ4v) is 2.71. The molecule has 6 heteroatoms. The monoisotopic (exact) mass is 317 g/mol. The van der Waals surface area contributed by atoms with Crippen LogP contribution < -0.4 is 10.6 Å². The van der Waals surface area contributed by atoms with Gasteiger partial charge in [0, 0.05) is 18.7 Å². The quantitative estimate of drug-likeness (QED) is 0.860. The zero-order valence-electron chi connectivity index (χ0n) is 12.7. The van der Waals surface area contributed by atoms with Gasteiger partial charge in [0.25, 0.3) is 5.91 Å². The minimum Gasteiger partial charge on any atom is -0.347 e. The number of thiazole rings is 1.